The Morgan fingerprint density at radius 1 is 1.08 bits per heavy atom. The van der Waals surface area contributed by atoms with Gasteiger partial charge in [-0.15, -0.1) is 0 Å². The summed E-state index contributed by atoms with van der Waals surface area (Å²) in [7, 11) is 0.172. The van der Waals surface area contributed by atoms with Crippen molar-refractivity contribution in [1.29, 1.82) is 0 Å². The maximum absolute atomic E-state index is 2.63. The summed E-state index contributed by atoms with van der Waals surface area (Å²) in [5, 5.41) is 0. The van der Waals surface area contributed by atoms with Crippen LogP contribution in [0.2, 0.25) is 0 Å². The van der Waals surface area contributed by atoms with Gasteiger partial charge in [0.25, 0.3) is 0 Å². The summed E-state index contributed by atoms with van der Waals surface area (Å²) in [5.74, 6) is 0. The zero-order valence-corrected chi connectivity index (χ0v) is 9.62. The van der Waals surface area contributed by atoms with E-state index in [0.717, 1.165) is 0 Å². The normalized spacial score (nSPS) is 19.8. The van der Waals surface area contributed by atoms with Crippen molar-refractivity contribution >= 4 is 8.07 Å². The number of hydrogen-bond donors (Lipinski definition) is 0. The second-order valence-corrected chi connectivity index (χ2v) is 5.73. The Kier molecular flexibility index (Phi) is 3.74. The molecular weight excluding hydrogens is 165 g/mol. The Morgan fingerprint density at radius 2 is 1.50 bits per heavy atom. The first-order chi connectivity index (χ1) is 5.69. The maximum atomic E-state index is 2.63. The first-order valence-corrected chi connectivity index (χ1v) is 6.50. The summed E-state index contributed by atoms with van der Waals surface area (Å²) in [6, 6.07) is 0. The van der Waals surface area contributed by atoms with E-state index in [-0.39, 0.29) is 8.07 Å². The lowest BCUT2D eigenvalue weighted by Crippen LogP contribution is -2.18. The number of nitrogens with zero attached hydrogens (tertiary/aromatic N) is 1. The van der Waals surface area contributed by atoms with Crippen LogP contribution >= 0.6 is 8.07 Å². The molecule has 0 amide bonds. The van der Waals surface area contributed by atoms with Crippen molar-refractivity contribution in [3.63, 3.8) is 0 Å². The van der Waals surface area contributed by atoms with E-state index >= 15 is 0 Å². The van der Waals surface area contributed by atoms with Gasteiger partial charge in [0.05, 0.1) is 0 Å². The van der Waals surface area contributed by atoms with Crippen LogP contribution in [0.5, 0.6) is 0 Å². The lowest BCUT2D eigenvalue weighted by Gasteiger charge is -2.26. The summed E-state index contributed by atoms with van der Waals surface area (Å²) in [6.45, 7) is 11.6. The van der Waals surface area contributed by atoms with Crippen LogP contribution in [0.4, 0.5) is 0 Å². The monoisotopic (exact) mass is 185 g/mol. The fourth-order valence-electron chi connectivity index (χ4n) is 1.70. The van der Waals surface area contributed by atoms with Crippen molar-refractivity contribution in [2.45, 2.75) is 27.7 Å². The summed E-state index contributed by atoms with van der Waals surface area (Å²) in [5.41, 5.74) is 3.29. The summed E-state index contributed by atoms with van der Waals surface area (Å²) in [6.07, 6.45) is 2.73. The molecule has 1 heterocycles. The van der Waals surface area contributed by atoms with Crippen LogP contribution in [0.3, 0.4) is 0 Å². The first-order valence-electron chi connectivity index (χ1n) is 4.84. The average molecular weight is 185 g/mol. The predicted octanol–water partition coefficient (Wildman–Crippen LogP) is 3.08. The molecule has 0 saturated carbocycles. The van der Waals surface area contributed by atoms with Crippen molar-refractivity contribution < 1.29 is 0 Å². The molecule has 0 radical (unpaired) electrons. The minimum absolute atomic E-state index is 0.172. The number of rotatable bonds is 3. The molecule has 0 aromatic carbocycles. The van der Waals surface area contributed by atoms with E-state index in [1.807, 2.05) is 0 Å². The Hall–Kier alpha value is 0.130. The zero-order valence-electron chi connectivity index (χ0n) is 8.72. The van der Waals surface area contributed by atoms with Gasteiger partial charge in [-0.05, 0) is 35.0 Å². The predicted molar refractivity (Wildman–Crippen MR) is 57.9 cm³/mol. The third-order valence-electron chi connectivity index (χ3n) is 2.70. The van der Waals surface area contributed by atoms with Gasteiger partial charge >= 0.3 is 0 Å². The third-order valence-corrected chi connectivity index (χ3v) is 5.74. The van der Waals surface area contributed by atoms with Gasteiger partial charge in [0.1, 0.15) is 0 Å². The van der Waals surface area contributed by atoms with Crippen molar-refractivity contribution in [2.75, 3.05) is 25.4 Å². The van der Waals surface area contributed by atoms with Crippen molar-refractivity contribution in [1.82, 2.24) is 4.67 Å². The van der Waals surface area contributed by atoms with Crippen LogP contribution in [0.1, 0.15) is 27.7 Å². The topological polar surface area (TPSA) is 3.24 Å². The van der Waals surface area contributed by atoms with Crippen LogP contribution < -0.4 is 0 Å². The number of allylic oxidation sites excluding steroid dienone is 2. The molecule has 1 nitrogen and oxygen atoms in total. The molecule has 1 aliphatic heterocycles. The van der Waals surface area contributed by atoms with Crippen LogP contribution in [0, 0.1) is 0 Å². The molecule has 0 atom stereocenters. The second kappa shape index (κ2) is 4.39. The molecule has 1 rings (SSSR count). The first kappa shape index (κ1) is 10.2. The standard InChI is InChI=1S/C10H20NP/c1-5-11(6-2)12-7-9(3)10(4)8-12/h5-8H2,1-4H3. The SMILES string of the molecule is CCN(CC)P1CC(C)=C(C)C1. The van der Waals surface area contributed by atoms with Crippen molar-refractivity contribution in [3.8, 4) is 0 Å². The fraction of sp³-hybridized carbons (Fsp3) is 0.800. The van der Waals surface area contributed by atoms with E-state index in [4.69, 9.17) is 0 Å². The lowest BCUT2D eigenvalue weighted by atomic mass is 10.2. The van der Waals surface area contributed by atoms with E-state index < -0.39 is 0 Å². The molecule has 1 aliphatic rings. The van der Waals surface area contributed by atoms with Crippen LogP contribution in [0.25, 0.3) is 0 Å². The van der Waals surface area contributed by atoms with E-state index in [0.29, 0.717) is 0 Å². The van der Waals surface area contributed by atoms with Gasteiger partial charge in [0.2, 0.25) is 0 Å². The summed E-state index contributed by atoms with van der Waals surface area (Å²) < 4.78 is 2.63. The molecule has 70 valence electrons. The van der Waals surface area contributed by atoms with Gasteiger partial charge in [-0.3, -0.25) is 4.67 Å². The second-order valence-electron chi connectivity index (χ2n) is 3.52. The third kappa shape index (κ3) is 2.08. The molecule has 0 bridgehead atoms. The van der Waals surface area contributed by atoms with Gasteiger partial charge in [0, 0.05) is 12.3 Å². The van der Waals surface area contributed by atoms with Crippen molar-refractivity contribution in [3.05, 3.63) is 11.1 Å². The van der Waals surface area contributed by atoms with E-state index in [9.17, 15) is 0 Å². The highest BCUT2D eigenvalue weighted by Crippen LogP contribution is 2.48. The molecule has 0 saturated heterocycles. The van der Waals surface area contributed by atoms with Gasteiger partial charge in [-0.2, -0.15) is 0 Å². The fourth-order valence-corrected chi connectivity index (χ4v) is 4.64. The van der Waals surface area contributed by atoms with Gasteiger partial charge < -0.3 is 0 Å². The van der Waals surface area contributed by atoms with E-state index in [2.05, 4.69) is 32.4 Å². The minimum atomic E-state index is 0.172. The van der Waals surface area contributed by atoms with Crippen LogP contribution in [0.15, 0.2) is 11.1 Å². The molecule has 2 heteroatoms. The van der Waals surface area contributed by atoms with Crippen LogP contribution in [-0.4, -0.2) is 30.1 Å². The maximum Gasteiger partial charge on any atom is 0.00215 e. The Bertz CT molecular complexity index is 168. The van der Waals surface area contributed by atoms with E-state index in [1.54, 1.807) is 11.1 Å². The molecule has 0 aromatic heterocycles. The summed E-state index contributed by atoms with van der Waals surface area (Å²) in [4.78, 5) is 0. The highest BCUT2D eigenvalue weighted by molar-refractivity contribution is 7.56. The molecular formula is C10H20NP. The van der Waals surface area contributed by atoms with Gasteiger partial charge in [-0.25, -0.2) is 0 Å². The Morgan fingerprint density at radius 3 is 1.83 bits per heavy atom. The molecule has 12 heavy (non-hydrogen) atoms. The molecule has 0 aromatic rings. The average Bonchev–Trinajstić information content (AvgIpc) is 2.35. The Labute approximate surface area is 77.6 Å². The molecule has 0 N–H and O–H groups in total. The number of hydrogen-bond acceptors (Lipinski definition) is 1. The molecule has 0 unspecified atom stereocenters. The quantitative estimate of drug-likeness (QED) is 0.482. The van der Waals surface area contributed by atoms with E-state index in [1.165, 1.54) is 25.4 Å². The van der Waals surface area contributed by atoms with Crippen LogP contribution in [-0.2, 0) is 0 Å². The summed E-state index contributed by atoms with van der Waals surface area (Å²) >= 11 is 0. The molecule has 0 aliphatic carbocycles. The molecule has 0 spiro atoms. The minimum Gasteiger partial charge on any atom is -0.282 e. The largest absolute Gasteiger partial charge is 0.282 e. The molecule has 0 fully saturated rings. The van der Waals surface area contributed by atoms with Gasteiger partial charge in [0.15, 0.2) is 0 Å². The van der Waals surface area contributed by atoms with Gasteiger partial charge in [-0.1, -0.05) is 25.0 Å². The Balaban J connectivity index is 2.49. The lowest BCUT2D eigenvalue weighted by molar-refractivity contribution is 0.508. The van der Waals surface area contributed by atoms with Crippen molar-refractivity contribution in [2.24, 2.45) is 0 Å². The smallest absolute Gasteiger partial charge is 0.00215 e. The zero-order chi connectivity index (χ0) is 9.14. The highest BCUT2D eigenvalue weighted by atomic mass is 31.1. The highest BCUT2D eigenvalue weighted by Gasteiger charge is 2.22.